The van der Waals surface area contributed by atoms with Crippen LogP contribution in [-0.2, 0) is 4.79 Å². The van der Waals surface area contributed by atoms with Gasteiger partial charge in [-0.1, -0.05) is 17.4 Å². The smallest absolute Gasteiger partial charge is 0.240 e. The quantitative estimate of drug-likeness (QED) is 0.857. The number of hydrogen-bond acceptors (Lipinski definition) is 5. The molecule has 1 heterocycles. The Morgan fingerprint density at radius 2 is 2.32 bits per heavy atom. The number of carbonyl (C=O) groups is 1. The van der Waals surface area contributed by atoms with Gasteiger partial charge in [0.05, 0.1) is 22.9 Å². The van der Waals surface area contributed by atoms with Gasteiger partial charge < -0.3 is 10.4 Å². The number of aryl methyl sites for hydroxylation is 1. The number of fused-ring (bicyclic) bond motifs is 1. The summed E-state index contributed by atoms with van der Waals surface area (Å²) in [7, 11) is 1.85. The topological polar surface area (TPSA) is 65.5 Å². The van der Waals surface area contributed by atoms with Gasteiger partial charge in [-0.05, 0) is 50.4 Å². The van der Waals surface area contributed by atoms with Gasteiger partial charge in [0.2, 0.25) is 5.91 Å². The average molecular weight is 319 g/mol. The third kappa shape index (κ3) is 3.82. The van der Waals surface area contributed by atoms with E-state index in [4.69, 9.17) is 0 Å². The maximum atomic E-state index is 12.1. The maximum Gasteiger partial charge on any atom is 0.240 e. The molecule has 22 heavy (non-hydrogen) atoms. The maximum absolute atomic E-state index is 12.1. The molecule has 1 fully saturated rings. The highest BCUT2D eigenvalue weighted by atomic mass is 32.1. The molecule has 1 atom stereocenters. The van der Waals surface area contributed by atoms with E-state index in [2.05, 4.69) is 16.4 Å². The molecule has 0 radical (unpaired) electrons. The number of amides is 1. The van der Waals surface area contributed by atoms with Crippen molar-refractivity contribution in [3.05, 3.63) is 23.8 Å². The van der Waals surface area contributed by atoms with Crippen LogP contribution in [0.1, 0.15) is 18.4 Å². The van der Waals surface area contributed by atoms with Gasteiger partial charge in [-0.3, -0.25) is 9.69 Å². The highest BCUT2D eigenvalue weighted by Gasteiger charge is 2.30. The van der Waals surface area contributed by atoms with Crippen molar-refractivity contribution in [3.8, 4) is 0 Å². The summed E-state index contributed by atoms with van der Waals surface area (Å²) in [6.45, 7) is 2.84. The molecule has 1 aromatic carbocycles. The van der Waals surface area contributed by atoms with E-state index in [1.807, 2.05) is 31.0 Å². The van der Waals surface area contributed by atoms with Crippen LogP contribution in [0.25, 0.3) is 10.2 Å². The first-order valence-electron chi connectivity index (χ1n) is 7.55. The molecule has 0 saturated heterocycles. The van der Waals surface area contributed by atoms with Gasteiger partial charge in [-0.2, -0.15) is 0 Å². The molecule has 5 nitrogen and oxygen atoms in total. The second-order valence-electron chi connectivity index (χ2n) is 6.14. The minimum Gasteiger partial charge on any atom is -0.392 e. The van der Waals surface area contributed by atoms with E-state index in [-0.39, 0.29) is 18.6 Å². The van der Waals surface area contributed by atoms with Crippen LogP contribution in [0.3, 0.4) is 0 Å². The van der Waals surface area contributed by atoms with E-state index < -0.39 is 0 Å². The van der Waals surface area contributed by atoms with Gasteiger partial charge in [0.1, 0.15) is 0 Å². The number of aliphatic hydroxyl groups excluding tert-OH is 1. The number of likely N-dealkylation sites (N-methyl/N-ethyl adjacent to an activating group) is 1. The van der Waals surface area contributed by atoms with Crippen molar-refractivity contribution in [1.29, 1.82) is 0 Å². The number of nitrogens with zero attached hydrogens (tertiary/aromatic N) is 2. The van der Waals surface area contributed by atoms with Crippen LogP contribution in [0.5, 0.6) is 0 Å². The molecule has 0 spiro atoms. The fourth-order valence-electron chi connectivity index (χ4n) is 2.50. The lowest BCUT2D eigenvalue weighted by Crippen LogP contribution is -2.36. The van der Waals surface area contributed by atoms with E-state index in [0.717, 1.165) is 23.1 Å². The molecule has 1 saturated carbocycles. The predicted octanol–water partition coefficient (Wildman–Crippen LogP) is 2.25. The second kappa shape index (κ2) is 6.32. The molecule has 0 bridgehead atoms. The molecule has 1 aromatic heterocycles. The number of aliphatic hydroxyl groups is 1. The zero-order chi connectivity index (χ0) is 15.7. The Balaban J connectivity index is 1.55. The van der Waals surface area contributed by atoms with Gasteiger partial charge in [-0.15, -0.1) is 0 Å². The highest BCUT2D eigenvalue weighted by Crippen LogP contribution is 2.32. The number of rotatable bonds is 6. The summed E-state index contributed by atoms with van der Waals surface area (Å²) in [5.74, 6) is 0.333. The van der Waals surface area contributed by atoms with E-state index in [0.29, 0.717) is 17.6 Å². The van der Waals surface area contributed by atoms with Crippen molar-refractivity contribution < 1.29 is 9.90 Å². The van der Waals surface area contributed by atoms with Crippen molar-refractivity contribution in [2.24, 2.45) is 5.92 Å². The lowest BCUT2D eigenvalue weighted by molar-refractivity contribution is -0.117. The molecule has 6 heteroatoms. The Morgan fingerprint density at radius 1 is 1.55 bits per heavy atom. The van der Waals surface area contributed by atoms with Crippen LogP contribution in [0.15, 0.2) is 18.2 Å². The summed E-state index contributed by atoms with van der Waals surface area (Å²) in [5, 5.41) is 13.4. The van der Waals surface area contributed by atoms with Crippen LogP contribution >= 0.6 is 11.3 Å². The molecule has 118 valence electrons. The van der Waals surface area contributed by atoms with Gasteiger partial charge in [0, 0.05) is 6.54 Å². The number of carbonyl (C=O) groups excluding carboxylic acids is 1. The minimum absolute atomic E-state index is 0.0960. The molecule has 0 aliphatic heterocycles. The number of hydrogen-bond donors (Lipinski definition) is 2. The molecule has 1 aliphatic carbocycles. The van der Waals surface area contributed by atoms with Crippen LogP contribution in [-0.4, -0.2) is 47.1 Å². The van der Waals surface area contributed by atoms with Crippen molar-refractivity contribution in [3.63, 3.8) is 0 Å². The van der Waals surface area contributed by atoms with Crippen LogP contribution < -0.4 is 5.32 Å². The SMILES string of the molecule is Cc1ccc2nc(NC(=O)CN(C)CC(O)C3CC3)sc2c1. The standard InChI is InChI=1S/C16H21N3O2S/c1-10-3-6-12-14(7-10)22-16(17-12)18-15(21)9-19(2)8-13(20)11-4-5-11/h3,6-7,11,13,20H,4-5,8-9H2,1-2H3,(H,17,18,21). The predicted molar refractivity (Wildman–Crippen MR) is 89.2 cm³/mol. The zero-order valence-corrected chi connectivity index (χ0v) is 13.7. The van der Waals surface area contributed by atoms with Crippen LogP contribution in [0.2, 0.25) is 0 Å². The number of nitrogens with one attached hydrogen (secondary N) is 1. The van der Waals surface area contributed by atoms with Crippen LogP contribution in [0.4, 0.5) is 5.13 Å². The van der Waals surface area contributed by atoms with Crippen molar-refractivity contribution in [2.75, 3.05) is 25.5 Å². The summed E-state index contributed by atoms with van der Waals surface area (Å²) < 4.78 is 1.08. The summed E-state index contributed by atoms with van der Waals surface area (Å²) in [5.41, 5.74) is 2.09. The summed E-state index contributed by atoms with van der Waals surface area (Å²) in [6.07, 6.45) is 1.89. The Kier molecular flexibility index (Phi) is 4.42. The number of aromatic nitrogens is 1. The molecule has 2 aromatic rings. The van der Waals surface area contributed by atoms with Crippen LogP contribution in [0, 0.1) is 12.8 Å². The summed E-state index contributed by atoms with van der Waals surface area (Å²) in [4.78, 5) is 18.3. The first kappa shape index (κ1) is 15.4. The molecule has 1 unspecified atom stereocenters. The fraction of sp³-hybridized carbons (Fsp3) is 0.500. The zero-order valence-electron chi connectivity index (χ0n) is 12.9. The van der Waals surface area contributed by atoms with Gasteiger partial charge in [-0.25, -0.2) is 4.98 Å². The van der Waals surface area contributed by atoms with E-state index in [1.54, 1.807) is 0 Å². The molecule has 1 amide bonds. The van der Waals surface area contributed by atoms with Gasteiger partial charge in [0.15, 0.2) is 5.13 Å². The van der Waals surface area contributed by atoms with E-state index in [9.17, 15) is 9.90 Å². The van der Waals surface area contributed by atoms with Crippen molar-refractivity contribution in [1.82, 2.24) is 9.88 Å². The average Bonchev–Trinajstić information content (AvgIpc) is 3.20. The third-order valence-electron chi connectivity index (χ3n) is 3.87. The monoisotopic (exact) mass is 319 g/mol. The van der Waals surface area contributed by atoms with E-state index >= 15 is 0 Å². The van der Waals surface area contributed by atoms with Gasteiger partial charge >= 0.3 is 0 Å². The largest absolute Gasteiger partial charge is 0.392 e. The third-order valence-corrected chi connectivity index (χ3v) is 4.80. The Morgan fingerprint density at radius 3 is 3.05 bits per heavy atom. The minimum atomic E-state index is -0.316. The Labute approximate surface area is 134 Å². The molecular formula is C16H21N3O2S. The lowest BCUT2D eigenvalue weighted by Gasteiger charge is -2.19. The first-order chi connectivity index (χ1) is 10.5. The Hall–Kier alpha value is -1.50. The summed E-state index contributed by atoms with van der Waals surface area (Å²) >= 11 is 1.48. The molecule has 3 rings (SSSR count). The first-order valence-corrected chi connectivity index (χ1v) is 8.36. The molecular weight excluding hydrogens is 298 g/mol. The fourth-order valence-corrected chi connectivity index (χ4v) is 3.48. The van der Waals surface area contributed by atoms with Crippen molar-refractivity contribution >= 4 is 32.6 Å². The number of anilines is 1. The lowest BCUT2D eigenvalue weighted by atomic mass is 10.2. The van der Waals surface area contributed by atoms with Gasteiger partial charge in [0.25, 0.3) is 0 Å². The number of benzene rings is 1. The second-order valence-corrected chi connectivity index (χ2v) is 7.17. The molecule has 2 N–H and O–H groups in total. The van der Waals surface area contributed by atoms with Crippen molar-refractivity contribution in [2.45, 2.75) is 25.9 Å². The number of thiazole rings is 1. The molecule has 1 aliphatic rings. The normalized spacial score (nSPS) is 16.2. The Bertz CT molecular complexity index is 681. The van der Waals surface area contributed by atoms with E-state index in [1.165, 1.54) is 16.9 Å². The summed E-state index contributed by atoms with van der Waals surface area (Å²) in [6, 6.07) is 6.05. The highest BCUT2D eigenvalue weighted by molar-refractivity contribution is 7.22.